The lowest BCUT2D eigenvalue weighted by molar-refractivity contribution is 0.0763. The van der Waals surface area contributed by atoms with Crippen molar-refractivity contribution in [1.29, 1.82) is 0 Å². The minimum absolute atomic E-state index is 0.203. The van der Waals surface area contributed by atoms with Gasteiger partial charge < -0.3 is 9.88 Å². The zero-order valence-corrected chi connectivity index (χ0v) is 10.8. The van der Waals surface area contributed by atoms with Gasteiger partial charge in [0.15, 0.2) is 5.43 Å². The number of nitrogens with one attached hydrogen (secondary N) is 1. The molecule has 1 amide bonds. The van der Waals surface area contributed by atoms with Crippen LogP contribution in [0, 0.1) is 0 Å². The van der Waals surface area contributed by atoms with Crippen LogP contribution in [0.15, 0.2) is 23.3 Å². The van der Waals surface area contributed by atoms with Crippen molar-refractivity contribution in [3.05, 3.63) is 34.2 Å². The number of hydrogen-bond donors (Lipinski definition) is 1. The van der Waals surface area contributed by atoms with Crippen molar-refractivity contribution < 1.29 is 4.79 Å². The number of aromatic amines is 1. The summed E-state index contributed by atoms with van der Waals surface area (Å²) in [6.45, 7) is 3.18. The van der Waals surface area contributed by atoms with E-state index in [1.54, 1.807) is 4.90 Å². The molecule has 1 rings (SSSR count). The summed E-state index contributed by atoms with van der Waals surface area (Å²) < 4.78 is 0. The second-order valence-corrected chi connectivity index (χ2v) is 4.14. The average Bonchev–Trinajstić information content (AvgIpc) is 2.30. The molecule has 88 valence electrons. The molecule has 0 bridgehead atoms. The van der Waals surface area contributed by atoms with E-state index in [-0.39, 0.29) is 16.9 Å². The molecule has 0 aliphatic rings. The molecule has 5 heteroatoms. The number of aromatic nitrogens is 1. The Balaban J connectivity index is 2.83. The van der Waals surface area contributed by atoms with Gasteiger partial charge in [-0.05, 0) is 13.3 Å². The van der Waals surface area contributed by atoms with Gasteiger partial charge in [0.2, 0.25) is 0 Å². The van der Waals surface area contributed by atoms with E-state index in [1.807, 2.05) is 6.92 Å². The summed E-state index contributed by atoms with van der Waals surface area (Å²) in [6, 6.07) is 1.37. The van der Waals surface area contributed by atoms with Crippen LogP contribution >= 0.6 is 15.9 Å². The van der Waals surface area contributed by atoms with Crippen molar-refractivity contribution >= 4 is 21.8 Å². The van der Waals surface area contributed by atoms with Gasteiger partial charge in [0, 0.05) is 36.9 Å². The molecule has 0 saturated heterocycles. The zero-order chi connectivity index (χ0) is 12.0. The average molecular weight is 287 g/mol. The predicted octanol–water partition coefficient (Wildman–Crippen LogP) is 1.62. The number of amides is 1. The molecular formula is C11H15BrN2O2. The predicted molar refractivity (Wildman–Crippen MR) is 67.1 cm³/mol. The number of pyridine rings is 1. The monoisotopic (exact) mass is 286 g/mol. The van der Waals surface area contributed by atoms with Gasteiger partial charge in [-0.15, -0.1) is 0 Å². The molecular weight excluding hydrogens is 272 g/mol. The van der Waals surface area contributed by atoms with Crippen molar-refractivity contribution in [3.8, 4) is 0 Å². The number of nitrogens with zero attached hydrogens (tertiary/aromatic N) is 1. The minimum atomic E-state index is -0.235. The molecule has 0 radical (unpaired) electrons. The van der Waals surface area contributed by atoms with Crippen LogP contribution in [0.3, 0.4) is 0 Å². The maximum absolute atomic E-state index is 12.0. The number of carbonyl (C=O) groups excluding carboxylic acids is 1. The summed E-state index contributed by atoms with van der Waals surface area (Å²) in [7, 11) is 0. The molecule has 0 fully saturated rings. The molecule has 1 N–H and O–H groups in total. The number of hydrogen-bond acceptors (Lipinski definition) is 2. The Labute approximate surface area is 103 Å². The standard InChI is InChI=1S/C11H15BrN2O2/c1-2-14(7-3-5-12)11(16)9-8-13-6-4-10(9)15/h4,6,8H,2-3,5,7H2,1H3,(H,13,15). The first-order valence-electron chi connectivity index (χ1n) is 5.23. The molecule has 0 atom stereocenters. The molecule has 1 aromatic heterocycles. The minimum Gasteiger partial charge on any atom is -0.367 e. The molecule has 0 aromatic carbocycles. The molecule has 1 heterocycles. The normalized spacial score (nSPS) is 10.1. The number of halogens is 1. The van der Waals surface area contributed by atoms with Gasteiger partial charge in [-0.2, -0.15) is 0 Å². The number of alkyl halides is 1. The Morgan fingerprint density at radius 2 is 2.31 bits per heavy atom. The van der Waals surface area contributed by atoms with Gasteiger partial charge in [0.05, 0.1) is 0 Å². The van der Waals surface area contributed by atoms with E-state index in [4.69, 9.17) is 0 Å². The van der Waals surface area contributed by atoms with Crippen molar-refractivity contribution in [2.24, 2.45) is 0 Å². The van der Waals surface area contributed by atoms with Crippen LogP contribution in [0.5, 0.6) is 0 Å². The lowest BCUT2D eigenvalue weighted by Gasteiger charge is -2.19. The van der Waals surface area contributed by atoms with E-state index >= 15 is 0 Å². The third-order valence-corrected chi connectivity index (χ3v) is 2.85. The van der Waals surface area contributed by atoms with Crippen LogP contribution in [-0.4, -0.2) is 34.2 Å². The molecule has 1 aromatic rings. The van der Waals surface area contributed by atoms with Gasteiger partial charge in [-0.25, -0.2) is 0 Å². The van der Waals surface area contributed by atoms with Gasteiger partial charge in [-0.3, -0.25) is 9.59 Å². The Hall–Kier alpha value is -1.10. The number of H-pyrrole nitrogens is 1. The molecule has 0 aliphatic heterocycles. The Morgan fingerprint density at radius 1 is 1.56 bits per heavy atom. The van der Waals surface area contributed by atoms with Crippen molar-refractivity contribution in [1.82, 2.24) is 9.88 Å². The van der Waals surface area contributed by atoms with E-state index in [2.05, 4.69) is 20.9 Å². The molecule has 0 spiro atoms. The first kappa shape index (κ1) is 13.0. The fourth-order valence-corrected chi connectivity index (χ4v) is 1.66. The smallest absolute Gasteiger partial charge is 0.259 e. The summed E-state index contributed by atoms with van der Waals surface area (Å²) in [5.41, 5.74) is -0.0278. The highest BCUT2D eigenvalue weighted by Gasteiger charge is 2.15. The zero-order valence-electron chi connectivity index (χ0n) is 9.20. The van der Waals surface area contributed by atoms with Crippen molar-refractivity contribution in [2.75, 3.05) is 18.4 Å². The molecule has 0 unspecified atom stereocenters. The Bertz CT molecular complexity index is 403. The van der Waals surface area contributed by atoms with Crippen LogP contribution in [-0.2, 0) is 0 Å². The molecule has 0 aliphatic carbocycles. The van der Waals surface area contributed by atoms with E-state index in [1.165, 1.54) is 18.5 Å². The fourth-order valence-electron chi connectivity index (χ4n) is 1.41. The first-order chi connectivity index (χ1) is 7.70. The van der Waals surface area contributed by atoms with Crippen LogP contribution in [0.1, 0.15) is 23.7 Å². The highest BCUT2D eigenvalue weighted by Crippen LogP contribution is 2.01. The third-order valence-electron chi connectivity index (χ3n) is 2.29. The van der Waals surface area contributed by atoms with Crippen molar-refractivity contribution in [3.63, 3.8) is 0 Å². The summed E-state index contributed by atoms with van der Waals surface area (Å²) in [5, 5.41) is 0.849. The highest BCUT2D eigenvalue weighted by atomic mass is 79.9. The maximum Gasteiger partial charge on any atom is 0.259 e. The van der Waals surface area contributed by atoms with E-state index in [0.717, 1.165) is 11.8 Å². The quantitative estimate of drug-likeness (QED) is 0.837. The van der Waals surface area contributed by atoms with Gasteiger partial charge in [0.25, 0.3) is 5.91 Å². The Morgan fingerprint density at radius 3 is 2.88 bits per heavy atom. The van der Waals surface area contributed by atoms with E-state index < -0.39 is 0 Å². The SMILES string of the molecule is CCN(CCCBr)C(=O)c1c[nH]ccc1=O. The van der Waals surface area contributed by atoms with Crippen molar-refractivity contribution in [2.45, 2.75) is 13.3 Å². The van der Waals surface area contributed by atoms with Gasteiger partial charge in [0.1, 0.15) is 5.56 Å². The summed E-state index contributed by atoms with van der Waals surface area (Å²) in [6.07, 6.45) is 3.86. The second kappa shape index (κ2) is 6.48. The van der Waals surface area contributed by atoms with E-state index in [0.29, 0.717) is 13.1 Å². The largest absolute Gasteiger partial charge is 0.367 e. The van der Waals surface area contributed by atoms with Gasteiger partial charge >= 0.3 is 0 Å². The summed E-state index contributed by atoms with van der Waals surface area (Å²) in [4.78, 5) is 27.9. The van der Waals surface area contributed by atoms with Crippen LogP contribution in [0.2, 0.25) is 0 Å². The maximum atomic E-state index is 12.0. The summed E-state index contributed by atoms with van der Waals surface area (Å²) >= 11 is 3.32. The molecule has 16 heavy (non-hydrogen) atoms. The van der Waals surface area contributed by atoms with Crippen LogP contribution < -0.4 is 5.43 Å². The first-order valence-corrected chi connectivity index (χ1v) is 6.35. The van der Waals surface area contributed by atoms with Crippen LogP contribution in [0.4, 0.5) is 0 Å². The Kier molecular flexibility index (Phi) is 5.25. The van der Waals surface area contributed by atoms with Gasteiger partial charge in [-0.1, -0.05) is 15.9 Å². The van der Waals surface area contributed by atoms with Crippen LogP contribution in [0.25, 0.3) is 0 Å². The second-order valence-electron chi connectivity index (χ2n) is 3.35. The topological polar surface area (TPSA) is 53.2 Å². The summed E-state index contributed by atoms with van der Waals surface area (Å²) in [5.74, 6) is -0.203. The number of rotatable bonds is 5. The molecule has 4 nitrogen and oxygen atoms in total. The fraction of sp³-hybridized carbons (Fsp3) is 0.455. The third kappa shape index (κ3) is 3.20. The molecule has 0 saturated carbocycles. The lowest BCUT2D eigenvalue weighted by Crippen LogP contribution is -2.34. The number of carbonyl (C=O) groups is 1. The lowest BCUT2D eigenvalue weighted by atomic mass is 10.2. The highest BCUT2D eigenvalue weighted by molar-refractivity contribution is 9.09. The van der Waals surface area contributed by atoms with E-state index in [9.17, 15) is 9.59 Å².